The molecule has 0 spiro atoms. The molecular weight excluding hydrogens is 232 g/mol. The number of benzene rings is 1. The Morgan fingerprint density at radius 1 is 1.38 bits per heavy atom. The van der Waals surface area contributed by atoms with E-state index in [9.17, 15) is 13.2 Å². The van der Waals surface area contributed by atoms with Gasteiger partial charge in [0, 0.05) is 5.56 Å². The van der Waals surface area contributed by atoms with Crippen molar-refractivity contribution in [3.63, 3.8) is 0 Å². The minimum absolute atomic E-state index is 0.330. The van der Waals surface area contributed by atoms with E-state index < -0.39 is 21.6 Å². The molecular formula is C10H12O5S. The second kappa shape index (κ2) is 4.98. The second-order valence-electron chi connectivity index (χ2n) is 3.24. The molecule has 0 amide bonds. The van der Waals surface area contributed by atoms with E-state index in [1.807, 2.05) is 0 Å². The highest BCUT2D eigenvalue weighted by Gasteiger charge is 2.18. The van der Waals surface area contributed by atoms with Crippen LogP contribution in [0.5, 0.6) is 5.75 Å². The van der Waals surface area contributed by atoms with Gasteiger partial charge in [-0.1, -0.05) is 18.2 Å². The minimum Gasteiger partial charge on any atom is -0.496 e. The number of hydrogen-bond donors (Lipinski definition) is 1. The smallest absolute Gasteiger partial charge is 0.318 e. The summed E-state index contributed by atoms with van der Waals surface area (Å²) >= 11 is 0. The average molecular weight is 244 g/mol. The highest BCUT2D eigenvalue weighted by molar-refractivity contribution is 7.91. The Kier molecular flexibility index (Phi) is 3.89. The molecule has 0 radical (unpaired) electrons. The largest absolute Gasteiger partial charge is 0.496 e. The van der Waals surface area contributed by atoms with Gasteiger partial charge >= 0.3 is 5.97 Å². The summed E-state index contributed by atoms with van der Waals surface area (Å²) in [5, 5.41) is 8.44. The number of hydrogen-bond acceptors (Lipinski definition) is 4. The zero-order valence-corrected chi connectivity index (χ0v) is 9.53. The van der Waals surface area contributed by atoms with Crippen LogP contribution in [0.4, 0.5) is 0 Å². The van der Waals surface area contributed by atoms with Crippen molar-refractivity contribution in [2.24, 2.45) is 0 Å². The van der Waals surface area contributed by atoms with Crippen LogP contribution in [0.1, 0.15) is 5.56 Å². The maximum atomic E-state index is 11.4. The molecule has 0 unspecified atom stereocenters. The van der Waals surface area contributed by atoms with Crippen molar-refractivity contribution in [2.75, 3.05) is 12.9 Å². The number of carbonyl (C=O) groups is 1. The van der Waals surface area contributed by atoms with Gasteiger partial charge in [0.1, 0.15) is 11.5 Å². The Bertz CT molecular complexity index is 478. The van der Waals surface area contributed by atoms with E-state index in [2.05, 4.69) is 0 Å². The number of para-hydroxylation sites is 1. The van der Waals surface area contributed by atoms with Crippen molar-refractivity contribution in [3.8, 4) is 5.75 Å². The first-order valence-electron chi connectivity index (χ1n) is 4.49. The van der Waals surface area contributed by atoms with Crippen molar-refractivity contribution in [1.82, 2.24) is 0 Å². The molecule has 0 saturated carbocycles. The van der Waals surface area contributed by atoms with E-state index in [4.69, 9.17) is 9.84 Å². The van der Waals surface area contributed by atoms with E-state index in [1.165, 1.54) is 7.11 Å². The Morgan fingerprint density at radius 2 is 2.00 bits per heavy atom. The standard InChI is InChI=1S/C10H12O5S/c1-15-9-5-3-2-4-8(9)6-16(13,14)7-10(11)12/h2-5H,6-7H2,1H3,(H,11,12). The lowest BCUT2D eigenvalue weighted by atomic mass is 10.2. The average Bonchev–Trinajstić information content (AvgIpc) is 2.15. The van der Waals surface area contributed by atoms with E-state index in [-0.39, 0.29) is 5.75 Å². The van der Waals surface area contributed by atoms with Gasteiger partial charge in [0.15, 0.2) is 9.84 Å². The van der Waals surface area contributed by atoms with Crippen LogP contribution in [0, 0.1) is 0 Å². The van der Waals surface area contributed by atoms with Crippen LogP contribution < -0.4 is 4.74 Å². The first-order chi connectivity index (χ1) is 7.44. The molecule has 16 heavy (non-hydrogen) atoms. The summed E-state index contributed by atoms with van der Waals surface area (Å²) in [5.74, 6) is -2.11. The summed E-state index contributed by atoms with van der Waals surface area (Å²) in [6.45, 7) is 0. The van der Waals surface area contributed by atoms with E-state index in [1.54, 1.807) is 24.3 Å². The topological polar surface area (TPSA) is 80.7 Å². The minimum atomic E-state index is -3.65. The van der Waals surface area contributed by atoms with E-state index >= 15 is 0 Å². The molecule has 0 bridgehead atoms. The maximum Gasteiger partial charge on any atom is 0.318 e. The zero-order valence-electron chi connectivity index (χ0n) is 8.71. The monoisotopic (exact) mass is 244 g/mol. The highest BCUT2D eigenvalue weighted by atomic mass is 32.2. The normalized spacial score (nSPS) is 11.1. The molecule has 0 saturated heterocycles. The lowest BCUT2D eigenvalue weighted by molar-refractivity contribution is -0.134. The predicted octanol–water partition coefficient (Wildman–Crippen LogP) is 0.695. The molecule has 1 aromatic carbocycles. The van der Waals surface area contributed by atoms with Crippen molar-refractivity contribution in [1.29, 1.82) is 0 Å². The first kappa shape index (κ1) is 12.5. The zero-order chi connectivity index (χ0) is 12.2. The van der Waals surface area contributed by atoms with Gasteiger partial charge < -0.3 is 9.84 Å². The third kappa shape index (κ3) is 3.54. The summed E-state index contributed by atoms with van der Waals surface area (Å²) in [5.41, 5.74) is 0.464. The van der Waals surface area contributed by atoms with Crippen LogP contribution in [0.25, 0.3) is 0 Å². The molecule has 0 aliphatic carbocycles. The van der Waals surface area contributed by atoms with Crippen molar-refractivity contribution in [3.05, 3.63) is 29.8 Å². The summed E-state index contributed by atoms with van der Waals surface area (Å²) in [7, 11) is -2.21. The molecule has 0 aliphatic heterocycles. The van der Waals surface area contributed by atoms with Crippen LogP contribution in [0.15, 0.2) is 24.3 Å². The van der Waals surface area contributed by atoms with Crippen LogP contribution in [0.2, 0.25) is 0 Å². The van der Waals surface area contributed by atoms with Crippen molar-refractivity contribution in [2.45, 2.75) is 5.75 Å². The van der Waals surface area contributed by atoms with Gasteiger partial charge in [-0.2, -0.15) is 0 Å². The fraction of sp³-hybridized carbons (Fsp3) is 0.300. The third-order valence-electron chi connectivity index (χ3n) is 1.91. The molecule has 0 fully saturated rings. The quantitative estimate of drug-likeness (QED) is 0.824. The van der Waals surface area contributed by atoms with E-state index in [0.29, 0.717) is 11.3 Å². The fourth-order valence-corrected chi connectivity index (χ4v) is 2.49. The van der Waals surface area contributed by atoms with Crippen LogP contribution in [0.3, 0.4) is 0 Å². The highest BCUT2D eigenvalue weighted by Crippen LogP contribution is 2.19. The van der Waals surface area contributed by atoms with Crippen LogP contribution in [-0.2, 0) is 20.4 Å². The SMILES string of the molecule is COc1ccccc1CS(=O)(=O)CC(=O)O. The number of aliphatic carboxylic acids is 1. The predicted molar refractivity (Wildman–Crippen MR) is 58.1 cm³/mol. The Balaban J connectivity index is 2.92. The van der Waals surface area contributed by atoms with Crippen molar-refractivity contribution >= 4 is 15.8 Å². The molecule has 0 heterocycles. The molecule has 0 aromatic heterocycles. The van der Waals surface area contributed by atoms with Gasteiger partial charge in [0.25, 0.3) is 0 Å². The Labute approximate surface area is 93.6 Å². The van der Waals surface area contributed by atoms with Crippen molar-refractivity contribution < 1.29 is 23.1 Å². The first-order valence-corrected chi connectivity index (χ1v) is 6.31. The van der Waals surface area contributed by atoms with Crippen LogP contribution in [-0.4, -0.2) is 32.4 Å². The number of rotatable bonds is 5. The number of carboxylic acid groups (broad SMARTS) is 1. The van der Waals surface area contributed by atoms with Gasteiger partial charge in [-0.3, -0.25) is 4.79 Å². The lowest BCUT2D eigenvalue weighted by Gasteiger charge is -2.07. The van der Waals surface area contributed by atoms with E-state index in [0.717, 1.165) is 0 Å². The third-order valence-corrected chi connectivity index (χ3v) is 3.35. The summed E-state index contributed by atoms with van der Waals surface area (Å²) < 4.78 is 27.9. The van der Waals surface area contributed by atoms with Gasteiger partial charge in [-0.15, -0.1) is 0 Å². The second-order valence-corrected chi connectivity index (χ2v) is 5.30. The molecule has 1 N–H and O–H groups in total. The van der Waals surface area contributed by atoms with Gasteiger partial charge in [0.2, 0.25) is 0 Å². The summed E-state index contributed by atoms with van der Waals surface area (Å²) in [4.78, 5) is 10.3. The number of carboxylic acids is 1. The summed E-state index contributed by atoms with van der Waals surface area (Å²) in [6, 6.07) is 6.62. The molecule has 6 heteroatoms. The summed E-state index contributed by atoms with van der Waals surface area (Å²) in [6.07, 6.45) is 0. The molecule has 5 nitrogen and oxygen atoms in total. The van der Waals surface area contributed by atoms with Gasteiger partial charge in [-0.25, -0.2) is 8.42 Å². The lowest BCUT2D eigenvalue weighted by Crippen LogP contribution is -2.17. The number of methoxy groups -OCH3 is 1. The maximum absolute atomic E-state index is 11.4. The van der Waals surface area contributed by atoms with Crippen LogP contribution >= 0.6 is 0 Å². The molecule has 1 rings (SSSR count). The van der Waals surface area contributed by atoms with Gasteiger partial charge in [-0.05, 0) is 6.07 Å². The molecule has 88 valence electrons. The Hall–Kier alpha value is -1.56. The number of sulfone groups is 1. The fourth-order valence-electron chi connectivity index (χ4n) is 1.30. The molecule has 0 atom stereocenters. The molecule has 0 aliphatic rings. The number of ether oxygens (including phenoxy) is 1. The van der Waals surface area contributed by atoms with Gasteiger partial charge in [0.05, 0.1) is 12.9 Å². The molecule has 1 aromatic rings. The Morgan fingerprint density at radius 3 is 2.56 bits per heavy atom.